The lowest BCUT2D eigenvalue weighted by Crippen LogP contribution is -2.54. The third-order valence-corrected chi connectivity index (χ3v) is 7.88. The number of nitrogens with two attached hydrogens (primary N) is 1. The highest BCUT2D eigenvalue weighted by atomic mass is 16.1. The van der Waals surface area contributed by atoms with E-state index < -0.39 is 0 Å². The third-order valence-electron chi connectivity index (χ3n) is 7.88. The largest absolute Gasteiger partial charge is 0.324 e. The number of ketones is 1. The monoisotopic (exact) mass is 331 g/mol. The van der Waals surface area contributed by atoms with Crippen LogP contribution in [-0.2, 0) is 4.79 Å². The summed E-state index contributed by atoms with van der Waals surface area (Å²) in [7, 11) is 0. The van der Waals surface area contributed by atoms with E-state index in [1.807, 2.05) is 0 Å². The van der Waals surface area contributed by atoms with Gasteiger partial charge in [-0.05, 0) is 55.3 Å². The third kappa shape index (κ3) is 2.52. The first kappa shape index (κ1) is 18.2. The average molecular weight is 332 g/mol. The average Bonchev–Trinajstić information content (AvgIpc) is 2.86. The molecule has 0 aromatic rings. The summed E-state index contributed by atoms with van der Waals surface area (Å²) in [5.41, 5.74) is 8.30. The Morgan fingerprint density at radius 1 is 1.12 bits per heavy atom. The van der Waals surface area contributed by atoms with Gasteiger partial charge in [0.05, 0.1) is 0 Å². The lowest BCUT2D eigenvalue weighted by molar-refractivity contribution is -0.128. The van der Waals surface area contributed by atoms with Crippen LogP contribution >= 0.6 is 0 Å². The van der Waals surface area contributed by atoms with Crippen molar-refractivity contribution < 1.29 is 4.79 Å². The molecule has 4 rings (SSSR count). The van der Waals surface area contributed by atoms with Gasteiger partial charge in [0, 0.05) is 17.9 Å². The molecule has 0 aromatic heterocycles. The lowest BCUT2D eigenvalue weighted by Gasteiger charge is -2.56. The van der Waals surface area contributed by atoms with Gasteiger partial charge in [0.15, 0.2) is 0 Å². The van der Waals surface area contributed by atoms with Crippen molar-refractivity contribution in [3.05, 3.63) is 11.6 Å². The van der Waals surface area contributed by atoms with Gasteiger partial charge >= 0.3 is 0 Å². The second-order valence-corrected chi connectivity index (χ2v) is 9.25. The maximum absolute atomic E-state index is 12.5. The predicted molar refractivity (Wildman–Crippen MR) is 101 cm³/mol. The van der Waals surface area contributed by atoms with E-state index in [0.29, 0.717) is 23.0 Å². The number of hydrogen-bond acceptors (Lipinski definition) is 2. The topological polar surface area (TPSA) is 43.1 Å². The molecule has 4 aliphatic carbocycles. The van der Waals surface area contributed by atoms with Crippen LogP contribution in [0.25, 0.3) is 0 Å². The molecule has 6 unspecified atom stereocenters. The molecule has 3 saturated carbocycles. The zero-order valence-electron chi connectivity index (χ0n) is 16.2. The van der Waals surface area contributed by atoms with Crippen LogP contribution in [0.5, 0.6) is 0 Å². The molecule has 0 aliphatic heterocycles. The van der Waals surface area contributed by atoms with E-state index >= 15 is 0 Å². The number of carbonyl (C=O) groups excluding carboxylic acids is 1. The highest BCUT2D eigenvalue weighted by Crippen LogP contribution is 2.62. The Labute approximate surface area is 148 Å². The summed E-state index contributed by atoms with van der Waals surface area (Å²) in [5, 5.41) is 0. The summed E-state index contributed by atoms with van der Waals surface area (Å²) in [5.74, 6) is 2.44. The molecule has 2 nitrogen and oxygen atoms in total. The fourth-order valence-electron chi connectivity index (χ4n) is 6.42. The van der Waals surface area contributed by atoms with E-state index in [1.54, 1.807) is 5.57 Å². The molecule has 3 fully saturated rings. The van der Waals surface area contributed by atoms with Crippen molar-refractivity contribution in [2.24, 2.45) is 34.3 Å². The fourth-order valence-corrected chi connectivity index (χ4v) is 6.42. The van der Waals surface area contributed by atoms with Crippen molar-refractivity contribution in [1.82, 2.24) is 0 Å². The number of fused-ring (bicyclic) bond motifs is 5. The quantitative estimate of drug-likeness (QED) is 0.615. The first-order valence-electron chi connectivity index (χ1n) is 10.4. The molecule has 24 heavy (non-hydrogen) atoms. The summed E-state index contributed by atoms with van der Waals surface area (Å²) in [6, 6.07) is -0.0544. The molecular weight excluding hydrogens is 294 g/mol. The summed E-state index contributed by atoms with van der Waals surface area (Å²) in [6.45, 7) is 8.90. The summed E-state index contributed by atoms with van der Waals surface area (Å²) >= 11 is 0. The minimum absolute atomic E-state index is 0.0544. The normalized spacial score (nSPS) is 46.9. The Bertz CT molecular complexity index is 524. The number of Topliss-reactive ketones (excluding diaryl/α,β-unsaturated/α-hetero) is 1. The first-order chi connectivity index (χ1) is 11.4. The number of carbonyl (C=O) groups is 1. The maximum atomic E-state index is 12.5. The minimum Gasteiger partial charge on any atom is -0.324 e. The van der Waals surface area contributed by atoms with Gasteiger partial charge in [0.25, 0.3) is 0 Å². The maximum Gasteiger partial charge on any atom is 0.140 e. The van der Waals surface area contributed by atoms with Crippen molar-refractivity contribution in [2.45, 2.75) is 91.5 Å². The zero-order chi connectivity index (χ0) is 17.5. The Hall–Kier alpha value is -0.630. The molecule has 0 aromatic carbocycles. The van der Waals surface area contributed by atoms with Crippen LogP contribution < -0.4 is 5.73 Å². The summed E-state index contributed by atoms with van der Waals surface area (Å²) in [4.78, 5) is 12.5. The standard InChI is InChI=1S/C19H29NO.C3H8/c1-18-10-4-3-5-12(18)6-7-13-14-8-9-17(21)19(14,2)16(20)11-15(13)18;1-3-2/h11-14,16H,3-10,20H2,1-2H3;3H2,1-2H3. The molecule has 136 valence electrons. The van der Waals surface area contributed by atoms with Gasteiger partial charge in [-0.25, -0.2) is 0 Å². The second kappa shape index (κ2) is 6.59. The van der Waals surface area contributed by atoms with E-state index in [4.69, 9.17) is 5.73 Å². The first-order valence-corrected chi connectivity index (χ1v) is 10.4. The van der Waals surface area contributed by atoms with Crippen LogP contribution in [0.4, 0.5) is 0 Å². The Morgan fingerprint density at radius 3 is 2.54 bits per heavy atom. The molecule has 0 saturated heterocycles. The molecule has 2 N–H and O–H groups in total. The van der Waals surface area contributed by atoms with E-state index in [1.165, 1.54) is 44.9 Å². The van der Waals surface area contributed by atoms with Crippen molar-refractivity contribution in [2.75, 3.05) is 0 Å². The van der Waals surface area contributed by atoms with Crippen molar-refractivity contribution in [3.63, 3.8) is 0 Å². The van der Waals surface area contributed by atoms with Crippen LogP contribution in [0, 0.1) is 28.6 Å². The molecule has 6 atom stereocenters. The molecule has 0 radical (unpaired) electrons. The molecule has 2 heteroatoms. The van der Waals surface area contributed by atoms with Gasteiger partial charge < -0.3 is 5.73 Å². The molecule has 0 bridgehead atoms. The van der Waals surface area contributed by atoms with Crippen molar-refractivity contribution in [3.8, 4) is 0 Å². The van der Waals surface area contributed by atoms with Gasteiger partial charge in [-0.2, -0.15) is 0 Å². The summed E-state index contributed by atoms with van der Waals surface area (Å²) in [6.07, 6.45) is 13.6. The van der Waals surface area contributed by atoms with E-state index in [-0.39, 0.29) is 11.5 Å². The van der Waals surface area contributed by atoms with Gasteiger partial charge in [0.1, 0.15) is 5.78 Å². The van der Waals surface area contributed by atoms with E-state index in [9.17, 15) is 4.79 Å². The lowest BCUT2D eigenvalue weighted by atomic mass is 9.49. The fraction of sp³-hybridized carbons (Fsp3) is 0.864. The molecular formula is C22H37NO. The second-order valence-electron chi connectivity index (χ2n) is 9.25. The molecule has 0 heterocycles. The van der Waals surface area contributed by atoms with E-state index in [2.05, 4.69) is 33.8 Å². The smallest absolute Gasteiger partial charge is 0.140 e. The van der Waals surface area contributed by atoms with Gasteiger partial charge in [0.2, 0.25) is 0 Å². The SMILES string of the molecule is CC12CCCCC1CCC1C2=CC(N)C2(C)C(=O)CCC12.CCC. The predicted octanol–water partition coefficient (Wildman–Crippen LogP) is 5.26. The highest BCUT2D eigenvalue weighted by Gasteiger charge is 2.59. The van der Waals surface area contributed by atoms with Crippen molar-refractivity contribution >= 4 is 5.78 Å². The summed E-state index contributed by atoms with van der Waals surface area (Å²) < 4.78 is 0. The van der Waals surface area contributed by atoms with Crippen LogP contribution in [0.3, 0.4) is 0 Å². The van der Waals surface area contributed by atoms with Crippen molar-refractivity contribution in [1.29, 1.82) is 0 Å². The highest BCUT2D eigenvalue weighted by molar-refractivity contribution is 5.88. The van der Waals surface area contributed by atoms with Crippen LogP contribution in [0.15, 0.2) is 11.6 Å². The van der Waals surface area contributed by atoms with Gasteiger partial charge in [-0.15, -0.1) is 0 Å². The number of hydrogen-bond donors (Lipinski definition) is 1. The Balaban J connectivity index is 0.000000526. The van der Waals surface area contributed by atoms with Crippen LogP contribution in [0.2, 0.25) is 0 Å². The number of rotatable bonds is 0. The zero-order valence-corrected chi connectivity index (χ0v) is 16.2. The molecule has 0 amide bonds. The van der Waals surface area contributed by atoms with Crippen LogP contribution in [-0.4, -0.2) is 11.8 Å². The minimum atomic E-state index is -0.272. The Morgan fingerprint density at radius 2 is 1.83 bits per heavy atom. The Kier molecular flexibility index (Phi) is 4.99. The van der Waals surface area contributed by atoms with Crippen LogP contribution in [0.1, 0.15) is 85.5 Å². The molecule has 0 spiro atoms. The van der Waals surface area contributed by atoms with E-state index in [0.717, 1.165) is 18.8 Å². The van der Waals surface area contributed by atoms with Gasteiger partial charge in [-0.3, -0.25) is 4.79 Å². The number of allylic oxidation sites excluding steroid dienone is 1. The van der Waals surface area contributed by atoms with Gasteiger partial charge in [-0.1, -0.05) is 58.6 Å². The molecule has 4 aliphatic rings.